The molecule has 0 aromatic heterocycles. The maximum atomic E-state index is 6.17. The number of benzene rings is 1. The van der Waals surface area contributed by atoms with E-state index in [1.807, 2.05) is 0 Å². The van der Waals surface area contributed by atoms with Crippen LogP contribution < -0.4 is 5.73 Å². The smallest absolute Gasteiger partial charge is 0.0465 e. The van der Waals surface area contributed by atoms with E-state index in [4.69, 9.17) is 10.5 Å². The van der Waals surface area contributed by atoms with Crippen molar-refractivity contribution >= 4 is 0 Å². The van der Waals surface area contributed by atoms with E-state index >= 15 is 0 Å². The van der Waals surface area contributed by atoms with Crippen molar-refractivity contribution in [3.8, 4) is 0 Å². The van der Waals surface area contributed by atoms with Gasteiger partial charge in [-0.15, -0.1) is 0 Å². The van der Waals surface area contributed by atoms with Crippen LogP contribution in [0.3, 0.4) is 0 Å². The van der Waals surface area contributed by atoms with Crippen molar-refractivity contribution in [2.24, 2.45) is 11.7 Å². The molecule has 0 aliphatic heterocycles. The average Bonchev–Trinajstić information content (AvgIpc) is 2.29. The van der Waals surface area contributed by atoms with Gasteiger partial charge in [0.15, 0.2) is 0 Å². The molecule has 2 atom stereocenters. The normalized spacial score (nSPS) is 14.8. The van der Waals surface area contributed by atoms with Crippen molar-refractivity contribution in [2.45, 2.75) is 32.7 Å². The molecule has 0 aliphatic rings. The molecule has 0 spiro atoms. The zero-order valence-corrected chi connectivity index (χ0v) is 10.6. The van der Waals surface area contributed by atoms with Crippen LogP contribution in [0, 0.1) is 12.8 Å². The van der Waals surface area contributed by atoms with Gasteiger partial charge in [-0.25, -0.2) is 0 Å². The third-order valence-electron chi connectivity index (χ3n) is 3.10. The lowest BCUT2D eigenvalue weighted by Gasteiger charge is -2.19. The number of methoxy groups -OCH3 is 1. The minimum Gasteiger partial charge on any atom is -0.385 e. The third kappa shape index (κ3) is 4.33. The molecule has 0 saturated heterocycles. The maximum Gasteiger partial charge on any atom is 0.0465 e. The highest BCUT2D eigenvalue weighted by atomic mass is 16.5. The summed E-state index contributed by atoms with van der Waals surface area (Å²) in [6.07, 6.45) is 1.98. The summed E-state index contributed by atoms with van der Waals surface area (Å²) in [6, 6.07) is 8.83. The Morgan fingerprint density at radius 1 is 1.25 bits per heavy atom. The molecule has 1 rings (SSSR count). The van der Waals surface area contributed by atoms with Gasteiger partial charge < -0.3 is 10.5 Å². The van der Waals surface area contributed by atoms with Gasteiger partial charge in [-0.05, 0) is 31.2 Å². The largest absolute Gasteiger partial charge is 0.385 e. The highest BCUT2D eigenvalue weighted by Gasteiger charge is 2.12. The Morgan fingerprint density at radius 3 is 2.44 bits per heavy atom. The Kier molecular flexibility index (Phi) is 5.50. The molecule has 0 aliphatic carbocycles. The molecule has 0 amide bonds. The minimum atomic E-state index is 0.220. The van der Waals surface area contributed by atoms with E-state index in [9.17, 15) is 0 Å². The van der Waals surface area contributed by atoms with Crippen LogP contribution in [0.1, 0.15) is 24.5 Å². The van der Waals surface area contributed by atoms with Crippen LogP contribution in [0.4, 0.5) is 0 Å². The second-order valence-corrected chi connectivity index (χ2v) is 4.61. The van der Waals surface area contributed by atoms with Crippen LogP contribution in [0.15, 0.2) is 24.3 Å². The number of aryl methyl sites for hydroxylation is 1. The third-order valence-corrected chi connectivity index (χ3v) is 3.10. The van der Waals surface area contributed by atoms with Crippen LogP contribution in [0.2, 0.25) is 0 Å². The predicted octanol–water partition coefficient (Wildman–Crippen LogP) is 2.54. The van der Waals surface area contributed by atoms with E-state index < -0.39 is 0 Å². The second-order valence-electron chi connectivity index (χ2n) is 4.61. The van der Waals surface area contributed by atoms with E-state index in [0.29, 0.717) is 5.92 Å². The first kappa shape index (κ1) is 13.2. The van der Waals surface area contributed by atoms with E-state index in [0.717, 1.165) is 19.4 Å². The first-order chi connectivity index (χ1) is 7.63. The van der Waals surface area contributed by atoms with Crippen LogP contribution in [0.25, 0.3) is 0 Å². The van der Waals surface area contributed by atoms with Gasteiger partial charge in [-0.1, -0.05) is 36.8 Å². The molecule has 0 radical (unpaired) electrons. The average molecular weight is 221 g/mol. The van der Waals surface area contributed by atoms with Gasteiger partial charge in [0, 0.05) is 19.8 Å². The molecule has 2 N–H and O–H groups in total. The summed E-state index contributed by atoms with van der Waals surface area (Å²) in [5.74, 6) is 0.501. The van der Waals surface area contributed by atoms with E-state index in [1.165, 1.54) is 11.1 Å². The van der Waals surface area contributed by atoms with Crippen LogP contribution in [-0.2, 0) is 11.2 Å². The molecule has 1 aromatic rings. The SMILES string of the molecule is COCCC(C)C(N)Cc1ccc(C)cc1. The Bertz CT molecular complexity index is 294. The highest BCUT2D eigenvalue weighted by molar-refractivity contribution is 5.22. The van der Waals surface area contributed by atoms with E-state index in [-0.39, 0.29) is 6.04 Å². The lowest BCUT2D eigenvalue weighted by Crippen LogP contribution is -2.31. The topological polar surface area (TPSA) is 35.2 Å². The molecule has 90 valence electrons. The minimum absolute atomic E-state index is 0.220. The molecule has 0 saturated carbocycles. The molecule has 2 nitrogen and oxygen atoms in total. The van der Waals surface area contributed by atoms with Crippen molar-refractivity contribution in [1.29, 1.82) is 0 Å². The standard InChI is InChI=1S/C14H23NO/c1-11-4-6-13(7-5-11)10-14(15)12(2)8-9-16-3/h4-7,12,14H,8-10,15H2,1-3H3. The van der Waals surface area contributed by atoms with Gasteiger partial charge in [-0.3, -0.25) is 0 Å². The zero-order chi connectivity index (χ0) is 12.0. The molecular formula is C14H23NO. The maximum absolute atomic E-state index is 6.17. The fourth-order valence-electron chi connectivity index (χ4n) is 1.72. The zero-order valence-electron chi connectivity index (χ0n) is 10.6. The molecule has 16 heavy (non-hydrogen) atoms. The summed E-state index contributed by atoms with van der Waals surface area (Å²) in [4.78, 5) is 0. The molecular weight excluding hydrogens is 198 g/mol. The van der Waals surface area contributed by atoms with Gasteiger partial charge in [-0.2, -0.15) is 0 Å². The van der Waals surface area contributed by atoms with Gasteiger partial charge in [0.2, 0.25) is 0 Å². The molecule has 1 aromatic carbocycles. The van der Waals surface area contributed by atoms with Crippen molar-refractivity contribution < 1.29 is 4.74 Å². The van der Waals surface area contributed by atoms with Crippen LogP contribution in [-0.4, -0.2) is 19.8 Å². The number of hydrogen-bond donors (Lipinski definition) is 1. The Balaban J connectivity index is 2.43. The molecule has 0 fully saturated rings. The van der Waals surface area contributed by atoms with E-state index in [2.05, 4.69) is 38.1 Å². The van der Waals surface area contributed by atoms with Crippen LogP contribution >= 0.6 is 0 Å². The molecule has 2 unspecified atom stereocenters. The molecule has 0 bridgehead atoms. The van der Waals surface area contributed by atoms with E-state index in [1.54, 1.807) is 7.11 Å². The number of hydrogen-bond acceptors (Lipinski definition) is 2. The monoisotopic (exact) mass is 221 g/mol. The molecule has 0 heterocycles. The van der Waals surface area contributed by atoms with Gasteiger partial charge in [0.25, 0.3) is 0 Å². The van der Waals surface area contributed by atoms with Crippen molar-refractivity contribution in [2.75, 3.05) is 13.7 Å². The number of rotatable bonds is 6. The lowest BCUT2D eigenvalue weighted by atomic mass is 9.93. The van der Waals surface area contributed by atoms with Crippen molar-refractivity contribution in [3.63, 3.8) is 0 Å². The fourth-order valence-corrected chi connectivity index (χ4v) is 1.72. The Morgan fingerprint density at radius 2 is 1.88 bits per heavy atom. The Labute approximate surface area is 98.8 Å². The predicted molar refractivity (Wildman–Crippen MR) is 68.5 cm³/mol. The van der Waals surface area contributed by atoms with Crippen LogP contribution in [0.5, 0.6) is 0 Å². The highest BCUT2D eigenvalue weighted by Crippen LogP contribution is 2.12. The summed E-state index contributed by atoms with van der Waals surface area (Å²) in [5, 5.41) is 0. The first-order valence-electron chi connectivity index (χ1n) is 5.93. The van der Waals surface area contributed by atoms with Gasteiger partial charge in [0.05, 0.1) is 0 Å². The first-order valence-corrected chi connectivity index (χ1v) is 5.93. The summed E-state index contributed by atoms with van der Waals surface area (Å²) in [6.45, 7) is 5.09. The van der Waals surface area contributed by atoms with Crippen molar-refractivity contribution in [1.82, 2.24) is 0 Å². The lowest BCUT2D eigenvalue weighted by molar-refractivity contribution is 0.174. The van der Waals surface area contributed by atoms with Gasteiger partial charge >= 0.3 is 0 Å². The molecule has 2 heteroatoms. The Hall–Kier alpha value is -0.860. The fraction of sp³-hybridized carbons (Fsp3) is 0.571. The number of nitrogens with two attached hydrogens (primary N) is 1. The van der Waals surface area contributed by atoms with Crippen molar-refractivity contribution in [3.05, 3.63) is 35.4 Å². The quantitative estimate of drug-likeness (QED) is 0.801. The summed E-state index contributed by atoms with van der Waals surface area (Å²) >= 11 is 0. The van der Waals surface area contributed by atoms with Gasteiger partial charge in [0.1, 0.15) is 0 Å². The summed E-state index contributed by atoms with van der Waals surface area (Å²) < 4.78 is 5.07. The number of ether oxygens (including phenoxy) is 1. The summed E-state index contributed by atoms with van der Waals surface area (Å²) in [7, 11) is 1.73. The summed E-state index contributed by atoms with van der Waals surface area (Å²) in [5.41, 5.74) is 8.79. The second kappa shape index (κ2) is 6.66.